The Balaban J connectivity index is 1.25. The van der Waals surface area contributed by atoms with Crippen LogP contribution in [-0.4, -0.2) is 32.3 Å². The molecule has 0 unspecified atom stereocenters. The molecule has 1 aromatic heterocycles. The van der Waals surface area contributed by atoms with Crippen molar-refractivity contribution in [2.75, 3.05) is 37.5 Å². The van der Waals surface area contributed by atoms with Crippen molar-refractivity contribution in [1.82, 2.24) is 4.98 Å². The first-order chi connectivity index (χ1) is 16.7. The molecule has 0 saturated carbocycles. The molecule has 174 valence electrons. The monoisotopic (exact) mass is 453 g/mol. The van der Waals surface area contributed by atoms with Gasteiger partial charge in [-0.3, -0.25) is 4.98 Å². The molecule has 0 amide bonds. The van der Waals surface area contributed by atoms with Crippen molar-refractivity contribution in [3.8, 4) is 11.5 Å². The van der Waals surface area contributed by atoms with Gasteiger partial charge in [-0.05, 0) is 67.1 Å². The fourth-order valence-corrected chi connectivity index (χ4v) is 4.84. The Morgan fingerprint density at radius 1 is 0.882 bits per heavy atom. The molecule has 1 aliphatic heterocycles. The summed E-state index contributed by atoms with van der Waals surface area (Å²) in [5.74, 6) is 2.14. The quantitative estimate of drug-likeness (QED) is 0.348. The highest BCUT2D eigenvalue weighted by Gasteiger charge is 2.20. The van der Waals surface area contributed by atoms with Gasteiger partial charge in [-0.2, -0.15) is 0 Å². The first-order valence-corrected chi connectivity index (χ1v) is 11.9. The Labute approximate surface area is 201 Å². The lowest BCUT2D eigenvalue weighted by atomic mass is 9.90. The van der Waals surface area contributed by atoms with Crippen molar-refractivity contribution >= 4 is 28.0 Å². The second-order valence-electron chi connectivity index (χ2n) is 8.87. The van der Waals surface area contributed by atoms with Gasteiger partial charge in [-0.1, -0.05) is 30.3 Å². The Hall–Kier alpha value is -3.73. The van der Waals surface area contributed by atoms with E-state index in [9.17, 15) is 0 Å². The third-order valence-electron chi connectivity index (χ3n) is 6.74. The van der Waals surface area contributed by atoms with Crippen LogP contribution < -0.4 is 19.7 Å². The van der Waals surface area contributed by atoms with Gasteiger partial charge in [0.2, 0.25) is 0 Å². The lowest BCUT2D eigenvalue weighted by Crippen LogP contribution is -2.34. The summed E-state index contributed by atoms with van der Waals surface area (Å²) < 4.78 is 10.9. The fourth-order valence-electron chi connectivity index (χ4n) is 4.84. The smallest absolute Gasteiger partial charge is 0.162 e. The third kappa shape index (κ3) is 4.79. The van der Waals surface area contributed by atoms with Crippen LogP contribution in [0.2, 0.25) is 0 Å². The average molecular weight is 454 g/mol. The lowest BCUT2D eigenvalue weighted by molar-refractivity contribution is 0.356. The van der Waals surface area contributed by atoms with Crippen LogP contribution in [-0.2, 0) is 6.42 Å². The number of rotatable bonds is 7. The van der Waals surface area contributed by atoms with Crippen LogP contribution >= 0.6 is 0 Å². The molecule has 2 heterocycles. The van der Waals surface area contributed by atoms with Crippen LogP contribution in [0.1, 0.15) is 18.4 Å². The summed E-state index contributed by atoms with van der Waals surface area (Å²) in [6, 6.07) is 25.5. The maximum atomic E-state index is 5.49. The van der Waals surface area contributed by atoms with Gasteiger partial charge in [0.1, 0.15) is 0 Å². The molecule has 1 N–H and O–H groups in total. The standard InChI is InChI=1S/C29H31N3O2/c1-33-28-19-25-26(12-15-30-27(25)20-29(28)34-2)31-23-8-10-24(11-9-23)32-16-13-22(14-17-32)18-21-6-4-3-5-7-21/h3-12,15,19-20,22H,13-14,16-18H2,1-2H3,(H,30,31). The number of aromatic nitrogens is 1. The molecule has 0 bridgehead atoms. The topological polar surface area (TPSA) is 46.6 Å². The molecule has 34 heavy (non-hydrogen) atoms. The SMILES string of the molecule is COc1cc2nccc(Nc3ccc(N4CCC(Cc5ccccc5)CC4)cc3)c2cc1OC. The number of piperidine rings is 1. The first kappa shape index (κ1) is 22.1. The number of nitrogens with zero attached hydrogens (tertiary/aromatic N) is 2. The number of hydrogen-bond acceptors (Lipinski definition) is 5. The van der Waals surface area contributed by atoms with Crippen molar-refractivity contribution in [2.24, 2.45) is 5.92 Å². The zero-order valence-corrected chi connectivity index (χ0v) is 19.8. The van der Waals surface area contributed by atoms with Crippen molar-refractivity contribution in [3.63, 3.8) is 0 Å². The number of benzene rings is 3. The molecule has 5 heteroatoms. The van der Waals surface area contributed by atoms with E-state index < -0.39 is 0 Å². The minimum absolute atomic E-state index is 0.677. The number of anilines is 3. The summed E-state index contributed by atoms with van der Waals surface area (Å²) >= 11 is 0. The van der Waals surface area contributed by atoms with Gasteiger partial charge in [-0.15, -0.1) is 0 Å². The molecule has 1 saturated heterocycles. The van der Waals surface area contributed by atoms with Gasteiger partial charge in [0.25, 0.3) is 0 Å². The minimum Gasteiger partial charge on any atom is -0.493 e. The van der Waals surface area contributed by atoms with E-state index in [2.05, 4.69) is 69.8 Å². The van der Waals surface area contributed by atoms with Crippen molar-refractivity contribution in [2.45, 2.75) is 19.3 Å². The lowest BCUT2D eigenvalue weighted by Gasteiger charge is -2.34. The van der Waals surface area contributed by atoms with E-state index >= 15 is 0 Å². The molecule has 3 aromatic carbocycles. The van der Waals surface area contributed by atoms with E-state index in [0.29, 0.717) is 11.5 Å². The zero-order chi connectivity index (χ0) is 23.3. The number of fused-ring (bicyclic) bond motifs is 1. The normalized spacial score (nSPS) is 14.2. The summed E-state index contributed by atoms with van der Waals surface area (Å²) in [6.07, 6.45) is 5.48. The van der Waals surface area contributed by atoms with E-state index in [0.717, 1.165) is 41.3 Å². The maximum Gasteiger partial charge on any atom is 0.162 e. The summed E-state index contributed by atoms with van der Waals surface area (Å²) in [6.45, 7) is 2.22. The maximum absolute atomic E-state index is 5.49. The van der Waals surface area contributed by atoms with Gasteiger partial charge in [0.15, 0.2) is 11.5 Å². The second-order valence-corrected chi connectivity index (χ2v) is 8.87. The van der Waals surface area contributed by atoms with Gasteiger partial charge in [0, 0.05) is 47.8 Å². The largest absolute Gasteiger partial charge is 0.493 e. The fraction of sp³-hybridized carbons (Fsp3) is 0.276. The highest BCUT2D eigenvalue weighted by atomic mass is 16.5. The molecule has 5 nitrogen and oxygen atoms in total. The summed E-state index contributed by atoms with van der Waals surface area (Å²) in [5.41, 5.74) is 5.63. The van der Waals surface area contributed by atoms with E-state index in [1.807, 2.05) is 24.4 Å². The zero-order valence-electron chi connectivity index (χ0n) is 19.8. The van der Waals surface area contributed by atoms with Gasteiger partial charge in [-0.25, -0.2) is 0 Å². The van der Waals surface area contributed by atoms with E-state index in [1.165, 1.54) is 30.5 Å². The molecule has 0 atom stereocenters. The van der Waals surface area contributed by atoms with Crippen LogP contribution in [0, 0.1) is 5.92 Å². The van der Waals surface area contributed by atoms with Crippen LogP contribution in [0.3, 0.4) is 0 Å². The van der Waals surface area contributed by atoms with E-state index in [1.54, 1.807) is 14.2 Å². The Morgan fingerprint density at radius 2 is 1.59 bits per heavy atom. The molecule has 5 rings (SSSR count). The molecular formula is C29H31N3O2. The molecule has 1 aliphatic rings. The molecular weight excluding hydrogens is 422 g/mol. The van der Waals surface area contributed by atoms with Crippen LogP contribution in [0.5, 0.6) is 11.5 Å². The average Bonchev–Trinajstić information content (AvgIpc) is 2.89. The Kier molecular flexibility index (Phi) is 6.52. The molecule has 1 fully saturated rings. The number of methoxy groups -OCH3 is 2. The van der Waals surface area contributed by atoms with Gasteiger partial charge >= 0.3 is 0 Å². The number of nitrogens with one attached hydrogen (secondary N) is 1. The Bertz CT molecular complexity index is 1230. The predicted molar refractivity (Wildman–Crippen MR) is 140 cm³/mol. The van der Waals surface area contributed by atoms with Crippen LogP contribution in [0.25, 0.3) is 10.9 Å². The first-order valence-electron chi connectivity index (χ1n) is 11.9. The van der Waals surface area contributed by atoms with Crippen LogP contribution in [0.4, 0.5) is 17.1 Å². The summed E-state index contributed by atoms with van der Waals surface area (Å²) in [7, 11) is 3.29. The summed E-state index contributed by atoms with van der Waals surface area (Å²) in [4.78, 5) is 7.00. The predicted octanol–water partition coefficient (Wildman–Crippen LogP) is 6.45. The van der Waals surface area contributed by atoms with Crippen molar-refractivity contribution < 1.29 is 9.47 Å². The molecule has 0 radical (unpaired) electrons. The highest BCUT2D eigenvalue weighted by Crippen LogP contribution is 2.35. The highest BCUT2D eigenvalue weighted by molar-refractivity contribution is 5.95. The molecule has 0 aliphatic carbocycles. The van der Waals surface area contributed by atoms with Crippen LogP contribution in [0.15, 0.2) is 79.0 Å². The van der Waals surface area contributed by atoms with E-state index in [4.69, 9.17) is 9.47 Å². The van der Waals surface area contributed by atoms with Crippen molar-refractivity contribution in [3.05, 3.63) is 84.6 Å². The van der Waals surface area contributed by atoms with Gasteiger partial charge in [0.05, 0.1) is 19.7 Å². The molecule has 0 spiro atoms. The van der Waals surface area contributed by atoms with E-state index in [-0.39, 0.29) is 0 Å². The second kappa shape index (κ2) is 10.0. The number of hydrogen-bond donors (Lipinski definition) is 1. The Morgan fingerprint density at radius 3 is 2.29 bits per heavy atom. The third-order valence-corrected chi connectivity index (χ3v) is 6.74. The minimum atomic E-state index is 0.677. The van der Waals surface area contributed by atoms with Gasteiger partial charge < -0.3 is 19.7 Å². The number of pyridine rings is 1. The van der Waals surface area contributed by atoms with Crippen molar-refractivity contribution in [1.29, 1.82) is 0 Å². The summed E-state index contributed by atoms with van der Waals surface area (Å²) in [5, 5.41) is 4.54. The molecule has 4 aromatic rings. The number of ether oxygens (including phenoxy) is 2.